The van der Waals surface area contributed by atoms with Gasteiger partial charge in [0.25, 0.3) is 5.79 Å². The molecule has 0 aromatic heterocycles. The van der Waals surface area contributed by atoms with E-state index in [1.54, 1.807) is 36.4 Å². The maximum atomic E-state index is 13.4. The largest absolute Gasteiger partial charge is 0.454 e. The zero-order chi connectivity index (χ0) is 19.4. The normalized spacial score (nSPS) is 24.5. The van der Waals surface area contributed by atoms with Crippen molar-refractivity contribution in [2.75, 3.05) is 0 Å². The Morgan fingerprint density at radius 3 is 2.70 bits per heavy atom. The van der Waals surface area contributed by atoms with Crippen molar-refractivity contribution in [3.63, 3.8) is 0 Å². The third-order valence-corrected chi connectivity index (χ3v) is 5.18. The summed E-state index contributed by atoms with van der Waals surface area (Å²) in [5.74, 6) is -2.54. The Balaban J connectivity index is 1.99. The number of Topliss-reactive ketones (excluding diaryl/α,β-unsaturated/α-hetero) is 1. The van der Waals surface area contributed by atoms with E-state index in [2.05, 4.69) is 10.3 Å². The Morgan fingerprint density at radius 1 is 1.26 bits per heavy atom. The second-order valence-electron chi connectivity index (χ2n) is 6.96. The fourth-order valence-electron chi connectivity index (χ4n) is 3.88. The summed E-state index contributed by atoms with van der Waals surface area (Å²) in [6, 6.07) is 11.9. The van der Waals surface area contributed by atoms with Crippen molar-refractivity contribution in [3.8, 4) is 5.75 Å². The number of aliphatic hydroxyl groups is 1. The van der Waals surface area contributed by atoms with Crippen molar-refractivity contribution < 1.29 is 19.4 Å². The summed E-state index contributed by atoms with van der Waals surface area (Å²) in [6.45, 7) is 4.05. The first kappa shape index (κ1) is 17.1. The lowest BCUT2D eigenvalue weighted by Gasteiger charge is -2.34. The average molecular weight is 363 g/mol. The van der Waals surface area contributed by atoms with Crippen LogP contribution in [0.25, 0.3) is 0 Å². The molecule has 2 aliphatic rings. The van der Waals surface area contributed by atoms with E-state index in [4.69, 9.17) is 10.1 Å². The third kappa shape index (κ3) is 2.07. The predicted octanol–water partition coefficient (Wildman–Crippen LogP) is 2.30. The lowest BCUT2D eigenvalue weighted by Crippen LogP contribution is -2.59. The van der Waals surface area contributed by atoms with E-state index in [0.29, 0.717) is 16.9 Å². The molecule has 0 amide bonds. The fraction of sp³-hybridized carbons (Fsp3) is 0.250. The fourth-order valence-corrected chi connectivity index (χ4v) is 3.88. The van der Waals surface area contributed by atoms with Crippen molar-refractivity contribution in [2.45, 2.75) is 31.1 Å². The second kappa shape index (κ2) is 5.61. The summed E-state index contributed by atoms with van der Waals surface area (Å²) in [4.78, 5) is 27.2. The summed E-state index contributed by atoms with van der Waals surface area (Å²) >= 11 is 0. The molecular formula is C20H17N3O4. The SMILES string of the molecule is CC(C)c1ccc2c(c1)OC1(O)c3ccccc3C(=O)C21NC(=N)N=C=O. The Hall–Kier alpha value is -3.28. The molecule has 1 aliphatic carbocycles. The first-order chi connectivity index (χ1) is 12.8. The van der Waals surface area contributed by atoms with Crippen LogP contribution in [0.2, 0.25) is 0 Å². The maximum absolute atomic E-state index is 13.4. The van der Waals surface area contributed by atoms with Gasteiger partial charge in [0.1, 0.15) is 5.75 Å². The van der Waals surface area contributed by atoms with Crippen LogP contribution in [0.5, 0.6) is 5.75 Å². The first-order valence-electron chi connectivity index (χ1n) is 8.50. The number of carbonyl (C=O) groups is 1. The molecule has 1 aliphatic heterocycles. The standard InChI is InChI=1S/C20H17N3O4/c1-11(2)12-7-8-15-16(9-12)27-20(26)14-6-4-3-5-13(14)17(25)19(15,20)23-18(21)22-10-24/h3-9,11,26H,1-2H3,(H2,21,23). The van der Waals surface area contributed by atoms with E-state index in [9.17, 15) is 14.7 Å². The van der Waals surface area contributed by atoms with Gasteiger partial charge in [-0.1, -0.05) is 50.2 Å². The van der Waals surface area contributed by atoms with E-state index >= 15 is 0 Å². The topological polar surface area (TPSA) is 112 Å². The highest BCUT2D eigenvalue weighted by atomic mass is 16.6. The molecule has 0 bridgehead atoms. The van der Waals surface area contributed by atoms with Crippen LogP contribution in [0.3, 0.4) is 0 Å². The number of guanidine groups is 1. The van der Waals surface area contributed by atoms with Crippen molar-refractivity contribution in [2.24, 2.45) is 4.99 Å². The van der Waals surface area contributed by atoms with Crippen LogP contribution >= 0.6 is 0 Å². The minimum Gasteiger partial charge on any atom is -0.454 e. The molecule has 2 aromatic rings. The predicted molar refractivity (Wildman–Crippen MR) is 96.5 cm³/mol. The third-order valence-electron chi connectivity index (χ3n) is 5.18. The molecule has 0 radical (unpaired) electrons. The molecule has 136 valence electrons. The molecule has 0 saturated heterocycles. The van der Waals surface area contributed by atoms with Gasteiger partial charge in [0.15, 0.2) is 0 Å². The van der Waals surface area contributed by atoms with E-state index in [1.807, 2.05) is 19.9 Å². The van der Waals surface area contributed by atoms with Gasteiger partial charge < -0.3 is 15.2 Å². The van der Waals surface area contributed by atoms with Crippen molar-refractivity contribution in [3.05, 3.63) is 64.7 Å². The van der Waals surface area contributed by atoms with Crippen LogP contribution in [0.15, 0.2) is 47.5 Å². The highest BCUT2D eigenvalue weighted by Crippen LogP contribution is 2.58. The number of hydrogen-bond acceptors (Lipinski definition) is 5. The van der Waals surface area contributed by atoms with Crippen LogP contribution in [0.1, 0.15) is 46.8 Å². The summed E-state index contributed by atoms with van der Waals surface area (Å²) in [7, 11) is 0. The number of isocyanates is 1. The number of nitrogens with one attached hydrogen (secondary N) is 2. The molecule has 27 heavy (non-hydrogen) atoms. The average Bonchev–Trinajstić information content (AvgIpc) is 2.99. The van der Waals surface area contributed by atoms with Crippen molar-refractivity contribution in [1.82, 2.24) is 5.32 Å². The van der Waals surface area contributed by atoms with Crippen LogP contribution in [0, 0.1) is 5.41 Å². The van der Waals surface area contributed by atoms with Gasteiger partial charge in [-0.15, -0.1) is 4.99 Å². The zero-order valence-electron chi connectivity index (χ0n) is 14.7. The smallest absolute Gasteiger partial charge is 0.271 e. The molecule has 0 spiro atoms. The van der Waals surface area contributed by atoms with Crippen LogP contribution in [-0.2, 0) is 16.1 Å². The quantitative estimate of drug-likeness (QED) is 0.431. The summed E-state index contributed by atoms with van der Waals surface area (Å²) < 4.78 is 5.92. The summed E-state index contributed by atoms with van der Waals surface area (Å²) in [5.41, 5.74) is 0.149. The molecular weight excluding hydrogens is 346 g/mol. The number of benzene rings is 2. The second-order valence-corrected chi connectivity index (χ2v) is 6.96. The van der Waals surface area contributed by atoms with Gasteiger partial charge in [0.05, 0.1) is 0 Å². The number of aliphatic imine (C=N–C) groups is 1. The molecule has 0 saturated carbocycles. The highest BCUT2D eigenvalue weighted by Gasteiger charge is 2.71. The summed E-state index contributed by atoms with van der Waals surface area (Å²) in [5, 5.41) is 22.0. The van der Waals surface area contributed by atoms with Gasteiger partial charge in [-0.3, -0.25) is 10.2 Å². The number of ether oxygens (including phenoxy) is 1. The van der Waals surface area contributed by atoms with Crippen LogP contribution in [-0.4, -0.2) is 22.9 Å². The van der Waals surface area contributed by atoms with Crippen LogP contribution in [0.4, 0.5) is 0 Å². The number of carbonyl (C=O) groups excluding carboxylic acids is 2. The zero-order valence-corrected chi connectivity index (χ0v) is 14.7. The Bertz CT molecular complexity index is 1040. The minimum absolute atomic E-state index is 0.221. The van der Waals surface area contributed by atoms with Crippen molar-refractivity contribution in [1.29, 1.82) is 5.41 Å². The molecule has 0 fully saturated rings. The lowest BCUT2D eigenvalue weighted by molar-refractivity contribution is -0.167. The van der Waals surface area contributed by atoms with Crippen LogP contribution < -0.4 is 10.1 Å². The number of fused-ring (bicyclic) bond motifs is 5. The molecule has 2 atom stereocenters. The van der Waals surface area contributed by atoms with Gasteiger partial charge in [-0.05, 0) is 17.5 Å². The van der Waals surface area contributed by atoms with Gasteiger partial charge in [-0.2, -0.15) is 0 Å². The summed E-state index contributed by atoms with van der Waals surface area (Å²) in [6.07, 6.45) is 1.27. The van der Waals surface area contributed by atoms with Gasteiger partial charge in [0.2, 0.25) is 23.4 Å². The molecule has 7 nitrogen and oxygen atoms in total. The number of hydrogen-bond donors (Lipinski definition) is 3. The Kier molecular flexibility index (Phi) is 3.56. The maximum Gasteiger partial charge on any atom is 0.271 e. The number of nitrogens with zero attached hydrogens (tertiary/aromatic N) is 1. The molecule has 4 rings (SSSR count). The number of ketones is 1. The monoisotopic (exact) mass is 363 g/mol. The molecule has 2 unspecified atom stereocenters. The van der Waals surface area contributed by atoms with E-state index in [1.165, 1.54) is 6.08 Å². The van der Waals surface area contributed by atoms with E-state index < -0.39 is 23.1 Å². The van der Waals surface area contributed by atoms with E-state index in [0.717, 1.165) is 5.56 Å². The Labute approximate surface area is 155 Å². The molecule has 1 heterocycles. The van der Waals surface area contributed by atoms with Gasteiger partial charge in [-0.25, -0.2) is 4.79 Å². The molecule has 2 aromatic carbocycles. The van der Waals surface area contributed by atoms with Gasteiger partial charge >= 0.3 is 0 Å². The van der Waals surface area contributed by atoms with Crippen molar-refractivity contribution >= 4 is 17.8 Å². The number of rotatable bonds is 2. The first-order valence-corrected chi connectivity index (χ1v) is 8.50. The van der Waals surface area contributed by atoms with Gasteiger partial charge in [0, 0.05) is 16.7 Å². The lowest BCUT2D eigenvalue weighted by atomic mass is 9.82. The van der Waals surface area contributed by atoms with E-state index in [-0.39, 0.29) is 11.5 Å². The molecule has 3 N–H and O–H groups in total. The Morgan fingerprint density at radius 2 is 2.00 bits per heavy atom. The highest BCUT2D eigenvalue weighted by molar-refractivity contribution is 6.12. The minimum atomic E-state index is -2.07. The molecule has 7 heteroatoms.